The summed E-state index contributed by atoms with van der Waals surface area (Å²) in [5.74, 6) is 0.737. The zero-order valence-corrected chi connectivity index (χ0v) is 12.1. The highest BCUT2D eigenvalue weighted by atomic mass is 32.2. The molecule has 0 aliphatic heterocycles. The lowest BCUT2D eigenvalue weighted by molar-refractivity contribution is 0.343. The third kappa shape index (κ3) is 3.00. The number of rotatable bonds is 3. The Bertz CT molecular complexity index is 678. The number of hydrogen-bond donors (Lipinski definition) is 1. The van der Waals surface area contributed by atoms with Crippen molar-refractivity contribution in [2.24, 2.45) is 4.99 Å². The van der Waals surface area contributed by atoms with Gasteiger partial charge in [0, 0.05) is 11.6 Å². The predicted molar refractivity (Wildman–Crippen MR) is 82.3 cm³/mol. The molecule has 0 aliphatic carbocycles. The Hall–Kier alpha value is -2.26. The lowest BCUT2D eigenvalue weighted by Gasteiger charge is -2.09. The molecule has 1 aromatic heterocycles. The smallest absolute Gasteiger partial charge is 0.183 e. The fraction of sp³-hybridized carbons (Fsp3) is 0.214. The van der Waals surface area contributed by atoms with E-state index >= 15 is 0 Å². The molecule has 0 spiro atoms. The molecule has 2 rings (SSSR count). The minimum Gasteiger partial charge on any atom is -0.492 e. The molecule has 1 N–H and O–H groups in total. The molecule has 0 aliphatic rings. The quantitative estimate of drug-likeness (QED) is 0.406. The van der Waals surface area contributed by atoms with Crippen LogP contribution in [0.3, 0.4) is 0 Å². The molecule has 102 valence electrons. The average molecular weight is 286 g/mol. The monoisotopic (exact) mass is 286 g/mol. The summed E-state index contributed by atoms with van der Waals surface area (Å²) < 4.78 is 5.57. The molecule has 0 saturated heterocycles. The average Bonchev–Trinajstić information content (AvgIpc) is 2.49. The topological polar surface area (TPSA) is 70.3 Å². The van der Waals surface area contributed by atoms with Gasteiger partial charge in [-0.1, -0.05) is 11.8 Å². The first kappa shape index (κ1) is 14.2. The minimum atomic E-state index is 0.543. The maximum absolute atomic E-state index is 8.69. The summed E-state index contributed by atoms with van der Waals surface area (Å²) in [4.78, 5) is 8.80. The normalized spacial score (nSPS) is 11.2. The number of fused-ring (bicyclic) bond motifs is 1. The molecule has 2 aromatic rings. The Morgan fingerprint density at radius 1 is 1.50 bits per heavy atom. The number of nitrogens with zero attached hydrogens (tertiary/aromatic N) is 3. The van der Waals surface area contributed by atoms with Crippen LogP contribution in [0.5, 0.6) is 5.75 Å². The van der Waals surface area contributed by atoms with Gasteiger partial charge in [-0.05, 0) is 37.4 Å². The molecule has 6 heteroatoms. The van der Waals surface area contributed by atoms with Crippen molar-refractivity contribution in [1.82, 2.24) is 10.3 Å². The summed E-state index contributed by atoms with van der Waals surface area (Å²) in [6.07, 6.45) is 5.46. The summed E-state index contributed by atoms with van der Waals surface area (Å²) in [5, 5.41) is 12.7. The van der Waals surface area contributed by atoms with Crippen LogP contribution in [0.15, 0.2) is 35.5 Å². The predicted octanol–water partition coefficient (Wildman–Crippen LogP) is 3.05. The van der Waals surface area contributed by atoms with Crippen LogP contribution in [0, 0.1) is 11.5 Å². The van der Waals surface area contributed by atoms with Gasteiger partial charge in [0.25, 0.3) is 0 Å². The number of nitriles is 1. The molecule has 20 heavy (non-hydrogen) atoms. The summed E-state index contributed by atoms with van der Waals surface area (Å²) in [6.45, 7) is 2.52. The van der Waals surface area contributed by atoms with E-state index in [9.17, 15) is 0 Å². The molecule has 0 bridgehead atoms. The second-order valence-corrected chi connectivity index (χ2v) is 4.57. The maximum Gasteiger partial charge on any atom is 0.183 e. The Morgan fingerprint density at radius 2 is 2.35 bits per heavy atom. The van der Waals surface area contributed by atoms with Crippen LogP contribution in [-0.2, 0) is 0 Å². The number of thioether (sulfide) groups is 1. The molecule has 0 radical (unpaired) electrons. The second-order valence-electron chi connectivity index (χ2n) is 3.77. The molecule has 0 atom stereocenters. The van der Waals surface area contributed by atoms with E-state index in [-0.39, 0.29) is 0 Å². The van der Waals surface area contributed by atoms with Crippen LogP contribution < -0.4 is 10.1 Å². The molecule has 1 aromatic carbocycles. The molecular formula is C14H14N4OS. The summed E-state index contributed by atoms with van der Waals surface area (Å²) >= 11 is 1.38. The molecule has 0 saturated carbocycles. The van der Waals surface area contributed by atoms with Crippen LogP contribution in [0.25, 0.3) is 10.9 Å². The number of hydrogen-bond acceptors (Lipinski definition) is 5. The minimum absolute atomic E-state index is 0.543. The fourth-order valence-corrected chi connectivity index (χ4v) is 2.12. The second kappa shape index (κ2) is 6.78. The molecule has 0 unspecified atom stereocenters. The lowest BCUT2D eigenvalue weighted by Crippen LogP contribution is -2.12. The third-order valence-corrected chi connectivity index (χ3v) is 3.17. The number of ether oxygens (including phenoxy) is 1. The summed E-state index contributed by atoms with van der Waals surface area (Å²) in [7, 11) is 0. The largest absolute Gasteiger partial charge is 0.492 e. The van der Waals surface area contributed by atoms with E-state index in [0.29, 0.717) is 11.8 Å². The standard InChI is InChI=1S/C14H14N4OS/c1-3-19-12-7-6-11(18-14(20-2)17-9-15)10-5-4-8-16-13(10)12/h4-8H,3H2,1-2H3,(H,17,18). The molecular weight excluding hydrogens is 272 g/mol. The van der Waals surface area contributed by atoms with Crippen molar-refractivity contribution < 1.29 is 4.74 Å². The number of benzene rings is 1. The molecule has 1 heterocycles. The highest BCUT2D eigenvalue weighted by molar-refractivity contribution is 8.13. The van der Waals surface area contributed by atoms with Crippen molar-refractivity contribution in [2.45, 2.75) is 6.92 Å². The zero-order valence-electron chi connectivity index (χ0n) is 11.3. The number of aliphatic imine (C=N–C) groups is 1. The van der Waals surface area contributed by atoms with Crippen molar-refractivity contribution >= 4 is 33.5 Å². The molecule has 0 fully saturated rings. The number of nitrogens with one attached hydrogen (secondary N) is 1. The van der Waals surface area contributed by atoms with Gasteiger partial charge in [0.05, 0.1) is 12.3 Å². The van der Waals surface area contributed by atoms with Crippen molar-refractivity contribution in [3.8, 4) is 11.9 Å². The van der Waals surface area contributed by atoms with Gasteiger partial charge in [-0.15, -0.1) is 0 Å². The molecule has 0 amide bonds. The number of amidine groups is 1. The van der Waals surface area contributed by atoms with Crippen molar-refractivity contribution in [2.75, 3.05) is 12.9 Å². The maximum atomic E-state index is 8.69. The van der Waals surface area contributed by atoms with Gasteiger partial charge in [-0.25, -0.2) is 4.99 Å². The van der Waals surface area contributed by atoms with Gasteiger partial charge in [0.15, 0.2) is 11.4 Å². The van der Waals surface area contributed by atoms with Gasteiger partial charge >= 0.3 is 0 Å². The van der Waals surface area contributed by atoms with Gasteiger partial charge in [0.2, 0.25) is 0 Å². The van der Waals surface area contributed by atoms with E-state index < -0.39 is 0 Å². The number of aromatic nitrogens is 1. The Balaban J connectivity index is 2.56. The van der Waals surface area contributed by atoms with Crippen molar-refractivity contribution in [3.05, 3.63) is 30.5 Å². The van der Waals surface area contributed by atoms with Crippen LogP contribution in [-0.4, -0.2) is 23.0 Å². The van der Waals surface area contributed by atoms with E-state index in [2.05, 4.69) is 15.3 Å². The van der Waals surface area contributed by atoms with Crippen LogP contribution >= 0.6 is 11.8 Å². The SMILES string of the molecule is CCOc1ccc(N=C(NC#N)SC)c2cccnc12. The Labute approximate surface area is 121 Å². The van der Waals surface area contributed by atoms with Crippen LogP contribution in [0.1, 0.15) is 6.92 Å². The highest BCUT2D eigenvalue weighted by Gasteiger charge is 2.08. The van der Waals surface area contributed by atoms with E-state index in [1.807, 2.05) is 43.6 Å². The van der Waals surface area contributed by atoms with Gasteiger partial charge in [0.1, 0.15) is 11.3 Å². The van der Waals surface area contributed by atoms with E-state index in [0.717, 1.165) is 22.3 Å². The first-order valence-corrected chi connectivity index (χ1v) is 7.31. The van der Waals surface area contributed by atoms with Crippen molar-refractivity contribution in [1.29, 1.82) is 5.26 Å². The zero-order chi connectivity index (χ0) is 14.4. The summed E-state index contributed by atoms with van der Waals surface area (Å²) in [5.41, 5.74) is 1.52. The van der Waals surface area contributed by atoms with Gasteiger partial charge < -0.3 is 4.74 Å². The number of pyridine rings is 1. The van der Waals surface area contributed by atoms with Gasteiger partial charge in [-0.3, -0.25) is 10.3 Å². The Kier molecular flexibility index (Phi) is 4.80. The van der Waals surface area contributed by atoms with E-state index in [1.54, 1.807) is 6.20 Å². The first-order valence-electron chi connectivity index (χ1n) is 6.08. The van der Waals surface area contributed by atoms with E-state index in [4.69, 9.17) is 10.00 Å². The molecule has 5 nitrogen and oxygen atoms in total. The van der Waals surface area contributed by atoms with Crippen LogP contribution in [0.4, 0.5) is 5.69 Å². The van der Waals surface area contributed by atoms with Crippen LogP contribution in [0.2, 0.25) is 0 Å². The lowest BCUT2D eigenvalue weighted by atomic mass is 10.1. The third-order valence-electron chi connectivity index (χ3n) is 2.59. The Morgan fingerprint density at radius 3 is 3.05 bits per heavy atom. The fourth-order valence-electron chi connectivity index (χ4n) is 1.78. The van der Waals surface area contributed by atoms with Gasteiger partial charge in [-0.2, -0.15) is 5.26 Å². The van der Waals surface area contributed by atoms with Crippen molar-refractivity contribution in [3.63, 3.8) is 0 Å². The first-order chi connectivity index (χ1) is 9.80. The summed E-state index contributed by atoms with van der Waals surface area (Å²) in [6, 6.07) is 7.51. The van der Waals surface area contributed by atoms with E-state index in [1.165, 1.54) is 11.8 Å². The highest BCUT2D eigenvalue weighted by Crippen LogP contribution is 2.32.